The average molecular weight is 173 g/mol. The third-order valence-electron chi connectivity index (χ3n) is 3.62. The lowest BCUT2D eigenvalue weighted by Crippen LogP contribution is -2.61. The number of nitrogens with zero attached hydrogens (tertiary/aromatic N) is 1. The van der Waals surface area contributed by atoms with Gasteiger partial charge in [0.25, 0.3) is 0 Å². The SMILES string of the molecule is COC[C@]12CCN1C[C@H](F)[C@H]2C. The van der Waals surface area contributed by atoms with Gasteiger partial charge in [-0.05, 0) is 6.42 Å². The van der Waals surface area contributed by atoms with Crippen molar-refractivity contribution in [3.63, 3.8) is 0 Å². The van der Waals surface area contributed by atoms with E-state index in [-0.39, 0.29) is 11.5 Å². The summed E-state index contributed by atoms with van der Waals surface area (Å²) in [6.45, 7) is 4.36. The molecule has 2 aliphatic heterocycles. The van der Waals surface area contributed by atoms with Crippen molar-refractivity contribution in [2.45, 2.75) is 25.1 Å². The summed E-state index contributed by atoms with van der Waals surface area (Å²) in [7, 11) is 1.70. The Morgan fingerprint density at radius 3 is 2.83 bits per heavy atom. The summed E-state index contributed by atoms with van der Waals surface area (Å²) < 4.78 is 18.5. The molecule has 3 heteroatoms. The molecule has 0 spiro atoms. The molecule has 2 nitrogen and oxygen atoms in total. The highest BCUT2D eigenvalue weighted by Crippen LogP contribution is 2.45. The summed E-state index contributed by atoms with van der Waals surface area (Å²) in [5.41, 5.74) is 0.0498. The molecule has 0 aromatic rings. The van der Waals surface area contributed by atoms with Crippen LogP contribution in [-0.2, 0) is 4.74 Å². The van der Waals surface area contributed by atoms with E-state index >= 15 is 0 Å². The molecule has 0 radical (unpaired) electrons. The van der Waals surface area contributed by atoms with Gasteiger partial charge in [-0.1, -0.05) is 6.92 Å². The summed E-state index contributed by atoms with van der Waals surface area (Å²) in [5, 5.41) is 0. The minimum absolute atomic E-state index is 0.0498. The van der Waals surface area contributed by atoms with Gasteiger partial charge in [-0.2, -0.15) is 0 Å². The number of rotatable bonds is 2. The van der Waals surface area contributed by atoms with Gasteiger partial charge in [0.2, 0.25) is 0 Å². The number of hydrogen-bond donors (Lipinski definition) is 0. The van der Waals surface area contributed by atoms with Gasteiger partial charge >= 0.3 is 0 Å². The van der Waals surface area contributed by atoms with Gasteiger partial charge < -0.3 is 4.74 Å². The van der Waals surface area contributed by atoms with Crippen molar-refractivity contribution in [1.82, 2.24) is 4.90 Å². The Hall–Kier alpha value is -0.150. The quantitative estimate of drug-likeness (QED) is 0.619. The normalized spacial score (nSPS) is 47.2. The number of fused-ring (bicyclic) bond motifs is 1. The highest BCUT2D eigenvalue weighted by Gasteiger charge is 2.57. The molecular formula is C9H16FNO. The second-order valence-electron chi connectivity index (χ2n) is 4.04. The molecule has 0 unspecified atom stereocenters. The Bertz CT molecular complexity index is 187. The van der Waals surface area contributed by atoms with E-state index in [1.165, 1.54) is 0 Å². The van der Waals surface area contributed by atoms with Crippen LogP contribution in [0.1, 0.15) is 13.3 Å². The van der Waals surface area contributed by atoms with Crippen molar-refractivity contribution >= 4 is 0 Å². The van der Waals surface area contributed by atoms with Crippen LogP contribution in [0.25, 0.3) is 0 Å². The molecule has 2 saturated heterocycles. The van der Waals surface area contributed by atoms with Gasteiger partial charge in [-0.15, -0.1) is 0 Å². The van der Waals surface area contributed by atoms with Crippen molar-refractivity contribution in [1.29, 1.82) is 0 Å². The standard InChI is InChI=1S/C9H16FNO/c1-7-8(10)5-11-4-3-9(7,11)6-12-2/h7-8H,3-6H2,1-2H3/t7-,8+,9+/m1/s1. The van der Waals surface area contributed by atoms with E-state index in [1.807, 2.05) is 6.92 Å². The van der Waals surface area contributed by atoms with Crippen molar-refractivity contribution in [3.05, 3.63) is 0 Å². The summed E-state index contributed by atoms with van der Waals surface area (Å²) in [6.07, 6.45) is 0.449. The van der Waals surface area contributed by atoms with Crippen LogP contribution in [0, 0.1) is 5.92 Å². The van der Waals surface area contributed by atoms with Crippen molar-refractivity contribution < 1.29 is 9.13 Å². The smallest absolute Gasteiger partial charge is 0.117 e. The maximum atomic E-state index is 13.3. The second-order valence-corrected chi connectivity index (χ2v) is 4.04. The predicted octanol–water partition coefficient (Wildman–Crippen LogP) is 1.07. The Kier molecular flexibility index (Phi) is 1.88. The molecule has 0 aromatic carbocycles. The highest BCUT2D eigenvalue weighted by molar-refractivity contribution is 5.10. The summed E-state index contributed by atoms with van der Waals surface area (Å²) in [4.78, 5) is 2.23. The first-order valence-corrected chi connectivity index (χ1v) is 4.59. The average Bonchev–Trinajstić information content (AvgIpc) is 2.18. The number of alkyl halides is 1. The van der Waals surface area contributed by atoms with E-state index in [1.54, 1.807) is 7.11 Å². The molecule has 2 aliphatic rings. The summed E-state index contributed by atoms with van der Waals surface area (Å²) >= 11 is 0. The predicted molar refractivity (Wildman–Crippen MR) is 44.9 cm³/mol. The van der Waals surface area contributed by atoms with Gasteiger partial charge in [0.1, 0.15) is 6.17 Å². The van der Waals surface area contributed by atoms with Crippen molar-refractivity contribution in [3.8, 4) is 0 Å². The molecule has 0 amide bonds. The lowest BCUT2D eigenvalue weighted by atomic mass is 9.78. The third-order valence-corrected chi connectivity index (χ3v) is 3.62. The first-order valence-electron chi connectivity index (χ1n) is 4.59. The van der Waals surface area contributed by atoms with E-state index in [0.717, 1.165) is 13.0 Å². The minimum Gasteiger partial charge on any atom is -0.383 e. The molecule has 3 atom stereocenters. The Morgan fingerprint density at radius 2 is 2.42 bits per heavy atom. The maximum absolute atomic E-state index is 13.3. The molecule has 12 heavy (non-hydrogen) atoms. The number of ether oxygens (including phenoxy) is 1. The van der Waals surface area contributed by atoms with Crippen LogP contribution in [0.15, 0.2) is 0 Å². The van der Waals surface area contributed by atoms with Crippen molar-refractivity contribution in [2.24, 2.45) is 5.92 Å². The van der Waals surface area contributed by atoms with E-state index in [4.69, 9.17) is 4.74 Å². The first-order chi connectivity index (χ1) is 5.70. The highest BCUT2D eigenvalue weighted by atomic mass is 19.1. The molecule has 2 fully saturated rings. The molecule has 0 saturated carbocycles. The van der Waals surface area contributed by atoms with Gasteiger partial charge in [0.05, 0.1) is 12.1 Å². The lowest BCUT2D eigenvalue weighted by molar-refractivity contribution is -0.0561. The van der Waals surface area contributed by atoms with Gasteiger partial charge in [0.15, 0.2) is 0 Å². The minimum atomic E-state index is -0.650. The zero-order chi connectivity index (χ0) is 8.77. The van der Waals surface area contributed by atoms with Crippen LogP contribution in [0.3, 0.4) is 0 Å². The fourth-order valence-corrected chi connectivity index (χ4v) is 2.60. The third kappa shape index (κ3) is 0.866. The van der Waals surface area contributed by atoms with Crippen LogP contribution < -0.4 is 0 Å². The fraction of sp³-hybridized carbons (Fsp3) is 1.00. The van der Waals surface area contributed by atoms with Gasteiger partial charge in [-0.3, -0.25) is 4.90 Å². The molecule has 0 aromatic heterocycles. The molecule has 0 bridgehead atoms. The fourth-order valence-electron chi connectivity index (χ4n) is 2.60. The number of halogens is 1. The molecule has 2 rings (SSSR count). The van der Waals surface area contributed by atoms with Gasteiger partial charge in [-0.25, -0.2) is 4.39 Å². The largest absolute Gasteiger partial charge is 0.383 e. The summed E-state index contributed by atoms with van der Waals surface area (Å²) in [5.74, 6) is 0.145. The van der Waals surface area contributed by atoms with Crippen LogP contribution in [0.2, 0.25) is 0 Å². The van der Waals surface area contributed by atoms with Crippen molar-refractivity contribution in [2.75, 3.05) is 26.8 Å². The van der Waals surface area contributed by atoms with Crippen LogP contribution >= 0.6 is 0 Å². The maximum Gasteiger partial charge on any atom is 0.117 e. The Balaban J connectivity index is 2.12. The van der Waals surface area contributed by atoms with Gasteiger partial charge in [0, 0.05) is 26.1 Å². The topological polar surface area (TPSA) is 12.5 Å². The monoisotopic (exact) mass is 173 g/mol. The van der Waals surface area contributed by atoms with E-state index in [9.17, 15) is 4.39 Å². The van der Waals surface area contributed by atoms with Crippen LogP contribution in [0.5, 0.6) is 0 Å². The number of methoxy groups -OCH3 is 1. The zero-order valence-electron chi connectivity index (χ0n) is 7.72. The van der Waals surface area contributed by atoms with Crippen LogP contribution in [0.4, 0.5) is 4.39 Å². The molecule has 2 heterocycles. The Labute approximate surface area is 72.7 Å². The Morgan fingerprint density at radius 1 is 1.67 bits per heavy atom. The second kappa shape index (κ2) is 2.67. The van der Waals surface area contributed by atoms with Crippen LogP contribution in [-0.4, -0.2) is 43.4 Å². The van der Waals surface area contributed by atoms with E-state index in [0.29, 0.717) is 13.2 Å². The zero-order valence-corrected chi connectivity index (χ0v) is 7.72. The van der Waals surface area contributed by atoms with E-state index in [2.05, 4.69) is 4.90 Å². The summed E-state index contributed by atoms with van der Waals surface area (Å²) in [6, 6.07) is 0. The molecular weight excluding hydrogens is 157 g/mol. The molecule has 70 valence electrons. The first kappa shape index (κ1) is 8.45. The molecule has 0 N–H and O–H groups in total. The van der Waals surface area contributed by atoms with E-state index < -0.39 is 6.17 Å². The lowest BCUT2D eigenvalue weighted by Gasteiger charge is -2.49. The number of hydrogen-bond acceptors (Lipinski definition) is 2. The molecule has 0 aliphatic carbocycles.